The number of carbonyl (C=O) groups is 1. The van der Waals surface area contributed by atoms with Crippen LogP contribution in [-0.2, 0) is 0 Å². The predicted molar refractivity (Wildman–Crippen MR) is 116 cm³/mol. The molecule has 1 aromatic carbocycles. The molecule has 3 atom stereocenters. The first-order chi connectivity index (χ1) is 15.1. The smallest absolute Gasteiger partial charge is 0.254 e. The van der Waals surface area contributed by atoms with Gasteiger partial charge in [0.05, 0.1) is 11.6 Å². The van der Waals surface area contributed by atoms with E-state index in [-0.39, 0.29) is 18.0 Å². The molecule has 158 valence electrons. The fourth-order valence-electron chi connectivity index (χ4n) is 4.81. The van der Waals surface area contributed by atoms with Gasteiger partial charge in [-0.05, 0) is 68.0 Å². The molecule has 7 heteroatoms. The second kappa shape index (κ2) is 8.06. The van der Waals surface area contributed by atoms with Crippen LogP contribution in [0.4, 0.5) is 10.2 Å². The van der Waals surface area contributed by atoms with Gasteiger partial charge in [0.15, 0.2) is 5.82 Å². The molecule has 3 aliphatic rings. The van der Waals surface area contributed by atoms with Gasteiger partial charge in [-0.15, -0.1) is 0 Å². The average molecular weight is 417 g/mol. The molecule has 2 saturated heterocycles. The third kappa shape index (κ3) is 3.87. The number of nitrogens with one attached hydrogen (secondary N) is 1. The van der Waals surface area contributed by atoms with E-state index in [4.69, 9.17) is 0 Å². The van der Waals surface area contributed by atoms with Crippen LogP contribution in [0.3, 0.4) is 0 Å². The molecule has 1 saturated carbocycles. The predicted octanol–water partition coefficient (Wildman–Crippen LogP) is 4.09. The number of hydrogen-bond donors (Lipinski definition) is 1. The van der Waals surface area contributed by atoms with E-state index in [0.29, 0.717) is 22.9 Å². The van der Waals surface area contributed by atoms with Crippen molar-refractivity contribution in [2.24, 2.45) is 5.92 Å². The minimum absolute atomic E-state index is 0.0650. The Morgan fingerprint density at radius 1 is 1.13 bits per heavy atom. The van der Waals surface area contributed by atoms with Crippen molar-refractivity contribution >= 4 is 11.7 Å². The van der Waals surface area contributed by atoms with E-state index in [2.05, 4.69) is 20.3 Å². The first-order valence-corrected chi connectivity index (χ1v) is 10.7. The first-order valence-electron chi connectivity index (χ1n) is 10.7. The highest BCUT2D eigenvalue weighted by molar-refractivity contribution is 6.00. The molecule has 1 N–H and O–H groups in total. The van der Waals surface area contributed by atoms with Gasteiger partial charge in [0.2, 0.25) is 0 Å². The fourth-order valence-corrected chi connectivity index (χ4v) is 4.81. The first kappa shape index (κ1) is 19.6. The molecule has 0 unspecified atom stereocenters. The number of pyridine rings is 1. The van der Waals surface area contributed by atoms with Gasteiger partial charge in [-0.3, -0.25) is 4.79 Å². The number of aryl methyl sites for hydroxylation is 1. The van der Waals surface area contributed by atoms with Crippen LogP contribution in [0.5, 0.6) is 0 Å². The van der Waals surface area contributed by atoms with Crippen LogP contribution in [0.15, 0.2) is 55.0 Å². The molecule has 3 aromatic rings. The highest BCUT2D eigenvalue weighted by atomic mass is 19.1. The van der Waals surface area contributed by atoms with Gasteiger partial charge >= 0.3 is 0 Å². The standard InChI is InChI=1S/C24H24FN5O/c1-15-3-8-22(28-13-15)29-20-11-16-4-7-21(20)30(14-16)24(31)18-6-5-17(25)12-19(18)23-26-9-2-10-27-23/h2-3,5-6,8-10,12-13,16,20-21H,4,7,11,14H2,1H3,(H,28,29)/t16-,20-,21+/m1/s1. The van der Waals surface area contributed by atoms with Crippen LogP contribution in [0.25, 0.3) is 11.4 Å². The maximum absolute atomic E-state index is 14.0. The number of anilines is 1. The summed E-state index contributed by atoms with van der Waals surface area (Å²) in [6, 6.07) is 10.1. The van der Waals surface area contributed by atoms with Crippen LogP contribution >= 0.6 is 0 Å². The lowest BCUT2D eigenvalue weighted by molar-refractivity contribution is 0.0282. The SMILES string of the molecule is Cc1ccc(N[C@@H]2C[C@H]3CC[C@@H]2N(C(=O)c2ccc(F)cc2-c2ncccn2)C3)nc1. The summed E-state index contributed by atoms with van der Waals surface area (Å²) in [5.74, 6) is 1.11. The molecule has 31 heavy (non-hydrogen) atoms. The lowest BCUT2D eigenvalue weighted by Gasteiger charge is -2.50. The van der Waals surface area contributed by atoms with Gasteiger partial charge in [-0.25, -0.2) is 19.3 Å². The Kier molecular flexibility index (Phi) is 5.10. The maximum Gasteiger partial charge on any atom is 0.254 e. The molecule has 1 aliphatic carbocycles. The molecular formula is C24H24FN5O. The number of aromatic nitrogens is 3. The molecule has 1 amide bonds. The van der Waals surface area contributed by atoms with E-state index in [0.717, 1.165) is 37.2 Å². The average Bonchev–Trinajstić information content (AvgIpc) is 2.81. The van der Waals surface area contributed by atoms with Gasteiger partial charge < -0.3 is 10.2 Å². The molecule has 6 nitrogen and oxygen atoms in total. The van der Waals surface area contributed by atoms with Crippen LogP contribution in [-0.4, -0.2) is 44.4 Å². The zero-order valence-corrected chi connectivity index (χ0v) is 17.3. The summed E-state index contributed by atoms with van der Waals surface area (Å²) in [5, 5.41) is 3.54. The molecule has 6 rings (SSSR count). The lowest BCUT2D eigenvalue weighted by atomic mass is 9.76. The molecule has 2 bridgehead atoms. The van der Waals surface area contributed by atoms with Gasteiger partial charge in [0, 0.05) is 36.7 Å². The van der Waals surface area contributed by atoms with Gasteiger partial charge in [-0.1, -0.05) is 6.07 Å². The number of hydrogen-bond acceptors (Lipinski definition) is 5. The van der Waals surface area contributed by atoms with Crippen molar-refractivity contribution in [3.8, 4) is 11.4 Å². The zero-order chi connectivity index (χ0) is 21.4. The molecule has 2 aliphatic heterocycles. The number of piperidine rings is 2. The van der Waals surface area contributed by atoms with Crippen LogP contribution in [0.1, 0.15) is 35.2 Å². The largest absolute Gasteiger partial charge is 0.365 e. The Bertz CT molecular complexity index is 1090. The highest BCUT2D eigenvalue weighted by Gasteiger charge is 2.43. The maximum atomic E-state index is 14.0. The van der Waals surface area contributed by atoms with Gasteiger partial charge in [0.1, 0.15) is 11.6 Å². The van der Waals surface area contributed by atoms with Gasteiger partial charge in [-0.2, -0.15) is 0 Å². The summed E-state index contributed by atoms with van der Waals surface area (Å²) in [4.78, 5) is 28.5. The Morgan fingerprint density at radius 3 is 2.71 bits per heavy atom. The van der Waals surface area contributed by atoms with E-state index < -0.39 is 5.82 Å². The Balaban J connectivity index is 1.44. The minimum Gasteiger partial charge on any atom is -0.365 e. The Labute approximate surface area is 180 Å². The van der Waals surface area contributed by atoms with E-state index in [1.807, 2.05) is 30.2 Å². The Hall–Kier alpha value is -3.35. The second-order valence-electron chi connectivity index (χ2n) is 8.44. The lowest BCUT2D eigenvalue weighted by Crippen LogP contribution is -2.59. The third-order valence-corrected chi connectivity index (χ3v) is 6.30. The summed E-state index contributed by atoms with van der Waals surface area (Å²) in [7, 11) is 0. The number of carbonyl (C=O) groups excluding carboxylic acids is 1. The van der Waals surface area contributed by atoms with E-state index in [9.17, 15) is 9.18 Å². The van der Waals surface area contributed by atoms with E-state index in [1.54, 1.807) is 24.5 Å². The Morgan fingerprint density at radius 2 is 1.97 bits per heavy atom. The topological polar surface area (TPSA) is 71.0 Å². The monoisotopic (exact) mass is 417 g/mol. The summed E-state index contributed by atoms with van der Waals surface area (Å²) >= 11 is 0. The summed E-state index contributed by atoms with van der Waals surface area (Å²) < 4.78 is 14.0. The second-order valence-corrected chi connectivity index (χ2v) is 8.44. The third-order valence-electron chi connectivity index (χ3n) is 6.30. The van der Waals surface area contributed by atoms with Crippen LogP contribution in [0.2, 0.25) is 0 Å². The number of amides is 1. The van der Waals surface area contributed by atoms with Crippen LogP contribution < -0.4 is 5.32 Å². The van der Waals surface area contributed by atoms with Crippen molar-refractivity contribution in [2.75, 3.05) is 11.9 Å². The van der Waals surface area contributed by atoms with Crippen molar-refractivity contribution in [3.63, 3.8) is 0 Å². The fraction of sp³-hybridized carbons (Fsp3) is 0.333. The van der Waals surface area contributed by atoms with E-state index >= 15 is 0 Å². The molecule has 0 spiro atoms. The van der Waals surface area contributed by atoms with Gasteiger partial charge in [0.25, 0.3) is 5.91 Å². The highest BCUT2D eigenvalue weighted by Crippen LogP contribution is 2.38. The minimum atomic E-state index is -0.413. The molecule has 2 aromatic heterocycles. The quantitative estimate of drug-likeness (QED) is 0.692. The van der Waals surface area contributed by atoms with Crippen molar-refractivity contribution in [1.82, 2.24) is 19.9 Å². The molecular weight excluding hydrogens is 393 g/mol. The summed E-state index contributed by atoms with van der Waals surface area (Å²) in [6.07, 6.45) is 8.11. The van der Waals surface area contributed by atoms with Crippen molar-refractivity contribution in [2.45, 2.75) is 38.3 Å². The number of fused-ring (bicyclic) bond motifs is 3. The van der Waals surface area contributed by atoms with Crippen molar-refractivity contribution in [3.05, 3.63) is 71.9 Å². The van der Waals surface area contributed by atoms with E-state index in [1.165, 1.54) is 12.1 Å². The van der Waals surface area contributed by atoms with Crippen LogP contribution in [0, 0.1) is 18.7 Å². The summed E-state index contributed by atoms with van der Waals surface area (Å²) in [6.45, 7) is 2.73. The molecule has 0 radical (unpaired) electrons. The number of rotatable bonds is 4. The normalized spacial score (nSPS) is 22.4. The zero-order valence-electron chi connectivity index (χ0n) is 17.3. The number of nitrogens with zero attached hydrogens (tertiary/aromatic N) is 4. The van der Waals surface area contributed by atoms with Crippen molar-refractivity contribution in [1.29, 1.82) is 0 Å². The summed E-state index contributed by atoms with van der Waals surface area (Å²) in [5.41, 5.74) is 1.98. The number of halogens is 1. The molecule has 4 heterocycles. The number of benzene rings is 1. The van der Waals surface area contributed by atoms with Crippen molar-refractivity contribution < 1.29 is 9.18 Å². The molecule has 3 fully saturated rings.